The smallest absolute Gasteiger partial charge is 0.255 e. The second-order valence-corrected chi connectivity index (χ2v) is 5.48. The Morgan fingerprint density at radius 1 is 0.913 bits per heavy atom. The molecule has 23 heavy (non-hydrogen) atoms. The van der Waals surface area contributed by atoms with Gasteiger partial charge in [-0.2, -0.15) is 0 Å². The van der Waals surface area contributed by atoms with E-state index in [1.54, 1.807) is 17.3 Å². The highest BCUT2D eigenvalue weighted by Gasteiger charge is 2.13. The third-order valence-electron chi connectivity index (χ3n) is 3.70. The van der Waals surface area contributed by atoms with Crippen LogP contribution in [0, 0.1) is 0 Å². The van der Waals surface area contributed by atoms with Crippen molar-refractivity contribution < 1.29 is 4.79 Å². The molecule has 3 aromatic rings. The van der Waals surface area contributed by atoms with Crippen molar-refractivity contribution in [2.45, 2.75) is 6.54 Å². The van der Waals surface area contributed by atoms with Crippen LogP contribution in [0.25, 0.3) is 11.1 Å². The lowest BCUT2D eigenvalue weighted by atomic mass is 10.1. The van der Waals surface area contributed by atoms with E-state index < -0.39 is 0 Å². The highest BCUT2D eigenvalue weighted by atomic mass is 16.2. The molecule has 0 N–H and O–H groups in total. The normalized spacial score (nSPS) is 10.3. The average Bonchev–Trinajstić information content (AvgIpc) is 2.63. The number of aromatic nitrogens is 1. The maximum Gasteiger partial charge on any atom is 0.255 e. The molecule has 0 aliphatic rings. The summed E-state index contributed by atoms with van der Waals surface area (Å²) in [4.78, 5) is 18.6. The number of hydrogen-bond donors (Lipinski definition) is 0. The van der Waals surface area contributed by atoms with E-state index in [0.717, 1.165) is 16.7 Å². The number of carbonyl (C=O) groups excluding carboxylic acids is 1. The van der Waals surface area contributed by atoms with Gasteiger partial charge in [-0.3, -0.25) is 9.78 Å². The zero-order chi connectivity index (χ0) is 16.1. The number of amides is 1. The Balaban J connectivity index is 1.80. The number of rotatable bonds is 4. The maximum atomic E-state index is 12.6. The predicted molar refractivity (Wildman–Crippen MR) is 91.9 cm³/mol. The van der Waals surface area contributed by atoms with E-state index in [1.807, 2.05) is 73.8 Å². The molecular weight excluding hydrogens is 284 g/mol. The third kappa shape index (κ3) is 3.64. The van der Waals surface area contributed by atoms with Crippen LogP contribution in [-0.2, 0) is 6.54 Å². The molecular formula is C20H18N2O. The van der Waals surface area contributed by atoms with Crippen molar-refractivity contribution in [3.63, 3.8) is 0 Å². The summed E-state index contributed by atoms with van der Waals surface area (Å²) in [5.41, 5.74) is 3.71. The van der Waals surface area contributed by atoms with E-state index >= 15 is 0 Å². The van der Waals surface area contributed by atoms with Crippen LogP contribution in [0.3, 0.4) is 0 Å². The van der Waals surface area contributed by atoms with Crippen molar-refractivity contribution in [1.29, 1.82) is 0 Å². The Kier molecular flexibility index (Phi) is 4.48. The van der Waals surface area contributed by atoms with E-state index in [9.17, 15) is 4.79 Å². The van der Waals surface area contributed by atoms with Crippen molar-refractivity contribution in [1.82, 2.24) is 9.88 Å². The van der Waals surface area contributed by atoms with Crippen molar-refractivity contribution >= 4 is 5.91 Å². The van der Waals surface area contributed by atoms with E-state index in [1.165, 1.54) is 0 Å². The molecule has 1 heterocycles. The van der Waals surface area contributed by atoms with Crippen molar-refractivity contribution in [3.05, 3.63) is 90.3 Å². The van der Waals surface area contributed by atoms with Crippen molar-refractivity contribution in [2.75, 3.05) is 7.05 Å². The molecule has 0 saturated heterocycles. The zero-order valence-corrected chi connectivity index (χ0v) is 13.0. The Morgan fingerprint density at radius 3 is 2.26 bits per heavy atom. The van der Waals surface area contributed by atoms with Crippen molar-refractivity contribution in [2.24, 2.45) is 0 Å². The van der Waals surface area contributed by atoms with Gasteiger partial charge < -0.3 is 4.90 Å². The van der Waals surface area contributed by atoms with E-state index in [-0.39, 0.29) is 5.91 Å². The first-order chi connectivity index (χ1) is 11.2. The van der Waals surface area contributed by atoms with Crippen LogP contribution < -0.4 is 0 Å². The van der Waals surface area contributed by atoms with Gasteiger partial charge in [0.15, 0.2) is 0 Å². The topological polar surface area (TPSA) is 33.2 Å². The summed E-state index contributed by atoms with van der Waals surface area (Å²) in [6.45, 7) is 0.579. The summed E-state index contributed by atoms with van der Waals surface area (Å²) >= 11 is 0. The Morgan fingerprint density at radius 2 is 1.57 bits per heavy atom. The maximum absolute atomic E-state index is 12.6. The monoisotopic (exact) mass is 302 g/mol. The lowest BCUT2D eigenvalue weighted by Gasteiger charge is -2.17. The molecule has 0 aliphatic carbocycles. The van der Waals surface area contributed by atoms with Crippen LogP contribution in [0.2, 0.25) is 0 Å². The first kappa shape index (κ1) is 15.0. The van der Waals surface area contributed by atoms with Gasteiger partial charge in [0.2, 0.25) is 0 Å². The van der Waals surface area contributed by atoms with Gasteiger partial charge in [-0.1, -0.05) is 60.7 Å². The summed E-state index contributed by atoms with van der Waals surface area (Å²) in [6, 6.07) is 21.8. The van der Waals surface area contributed by atoms with E-state index in [4.69, 9.17) is 0 Å². The average molecular weight is 302 g/mol. The highest BCUT2D eigenvalue weighted by Crippen LogP contribution is 2.19. The first-order valence-corrected chi connectivity index (χ1v) is 7.54. The zero-order valence-electron chi connectivity index (χ0n) is 13.0. The number of carbonyl (C=O) groups is 1. The molecule has 3 heteroatoms. The molecule has 0 atom stereocenters. The van der Waals surface area contributed by atoms with Gasteiger partial charge in [0.25, 0.3) is 5.91 Å². The van der Waals surface area contributed by atoms with Crippen LogP contribution in [0.4, 0.5) is 0 Å². The molecule has 3 nitrogen and oxygen atoms in total. The van der Waals surface area contributed by atoms with Gasteiger partial charge in [0.05, 0.1) is 5.56 Å². The first-order valence-electron chi connectivity index (χ1n) is 7.54. The summed E-state index contributed by atoms with van der Waals surface area (Å²) < 4.78 is 0. The fraction of sp³-hybridized carbons (Fsp3) is 0.100. The number of hydrogen-bond acceptors (Lipinski definition) is 2. The predicted octanol–water partition coefficient (Wildman–Crippen LogP) is 4.02. The second-order valence-electron chi connectivity index (χ2n) is 5.48. The molecule has 0 bridgehead atoms. The molecule has 0 unspecified atom stereocenters. The standard InChI is InChI=1S/C20H18N2O/c1-22(15-16-8-4-2-5-9-16)20(23)19-12-18(13-21-14-19)17-10-6-3-7-11-17/h2-14H,15H2,1H3. The molecule has 0 radical (unpaired) electrons. The van der Waals surface area contributed by atoms with Crippen molar-refractivity contribution in [3.8, 4) is 11.1 Å². The lowest BCUT2D eigenvalue weighted by molar-refractivity contribution is 0.0784. The lowest BCUT2D eigenvalue weighted by Crippen LogP contribution is -2.26. The molecule has 2 aromatic carbocycles. The van der Waals surface area contributed by atoms with Crippen LogP contribution in [0.15, 0.2) is 79.1 Å². The largest absolute Gasteiger partial charge is 0.337 e. The number of pyridine rings is 1. The van der Waals surface area contributed by atoms with Crippen LogP contribution in [-0.4, -0.2) is 22.8 Å². The minimum absolute atomic E-state index is 0.0286. The summed E-state index contributed by atoms with van der Waals surface area (Å²) in [5, 5.41) is 0. The van der Waals surface area contributed by atoms with E-state index in [2.05, 4.69) is 4.98 Å². The van der Waals surface area contributed by atoms with Crippen LogP contribution in [0.5, 0.6) is 0 Å². The van der Waals surface area contributed by atoms with Gasteiger partial charge in [-0.05, 0) is 17.2 Å². The van der Waals surface area contributed by atoms with Gasteiger partial charge >= 0.3 is 0 Å². The summed E-state index contributed by atoms with van der Waals surface area (Å²) in [6.07, 6.45) is 3.40. The fourth-order valence-electron chi connectivity index (χ4n) is 2.49. The molecule has 0 aliphatic heterocycles. The summed E-state index contributed by atoms with van der Waals surface area (Å²) in [7, 11) is 1.81. The third-order valence-corrected chi connectivity index (χ3v) is 3.70. The molecule has 114 valence electrons. The number of nitrogens with zero attached hydrogens (tertiary/aromatic N) is 2. The fourth-order valence-corrected chi connectivity index (χ4v) is 2.49. The molecule has 1 aromatic heterocycles. The Labute approximate surface area is 136 Å². The van der Waals surface area contributed by atoms with Gasteiger partial charge in [0.1, 0.15) is 0 Å². The van der Waals surface area contributed by atoms with Gasteiger partial charge in [-0.25, -0.2) is 0 Å². The second kappa shape index (κ2) is 6.88. The quantitative estimate of drug-likeness (QED) is 0.729. The van der Waals surface area contributed by atoms with Gasteiger partial charge in [-0.15, -0.1) is 0 Å². The summed E-state index contributed by atoms with van der Waals surface area (Å²) in [5.74, 6) is -0.0286. The molecule has 0 fully saturated rings. The van der Waals surface area contributed by atoms with Crippen LogP contribution in [0.1, 0.15) is 15.9 Å². The minimum atomic E-state index is -0.0286. The van der Waals surface area contributed by atoms with Crippen LogP contribution >= 0.6 is 0 Å². The Bertz CT molecular complexity index is 785. The number of benzene rings is 2. The molecule has 0 saturated carbocycles. The highest BCUT2D eigenvalue weighted by molar-refractivity contribution is 5.94. The SMILES string of the molecule is CN(Cc1ccccc1)C(=O)c1cncc(-c2ccccc2)c1. The van der Waals surface area contributed by atoms with E-state index in [0.29, 0.717) is 12.1 Å². The Hall–Kier alpha value is -2.94. The minimum Gasteiger partial charge on any atom is -0.337 e. The van der Waals surface area contributed by atoms with Gasteiger partial charge in [0, 0.05) is 31.5 Å². The molecule has 3 rings (SSSR count). The molecule has 1 amide bonds. The molecule has 0 spiro atoms.